The number of aryl methyl sites for hydroxylation is 3. The second kappa shape index (κ2) is 7.95. The summed E-state index contributed by atoms with van der Waals surface area (Å²) in [6.07, 6.45) is 0. The Morgan fingerprint density at radius 3 is 2.40 bits per heavy atom. The van der Waals surface area contributed by atoms with Crippen LogP contribution in [0.1, 0.15) is 27.0 Å². The van der Waals surface area contributed by atoms with Crippen LogP contribution >= 0.6 is 0 Å². The summed E-state index contributed by atoms with van der Waals surface area (Å²) in [7, 11) is 1.66. The normalized spacial score (nSPS) is 10.9. The minimum atomic E-state index is -0.118. The highest BCUT2D eigenvalue weighted by atomic mass is 16.1. The van der Waals surface area contributed by atoms with Crippen molar-refractivity contribution in [2.75, 3.05) is 0 Å². The van der Waals surface area contributed by atoms with Gasteiger partial charge in [0.25, 0.3) is 11.5 Å². The van der Waals surface area contributed by atoms with Crippen LogP contribution in [0.25, 0.3) is 22.0 Å². The zero-order valence-corrected chi connectivity index (χ0v) is 17.3. The van der Waals surface area contributed by atoms with Crippen molar-refractivity contribution in [2.45, 2.75) is 20.4 Å². The van der Waals surface area contributed by atoms with E-state index in [1.54, 1.807) is 7.05 Å². The molecular weight excluding hydrogens is 374 g/mol. The lowest BCUT2D eigenvalue weighted by Crippen LogP contribution is -2.23. The number of hydrogen-bond acceptors (Lipinski definition) is 3. The maximum absolute atomic E-state index is 12.5. The van der Waals surface area contributed by atoms with E-state index >= 15 is 0 Å². The van der Waals surface area contributed by atoms with Gasteiger partial charge < -0.3 is 5.32 Å². The van der Waals surface area contributed by atoms with E-state index in [4.69, 9.17) is 0 Å². The molecule has 1 heterocycles. The molecule has 3 aromatic carbocycles. The summed E-state index contributed by atoms with van der Waals surface area (Å²) in [5.41, 5.74) is 5.38. The van der Waals surface area contributed by atoms with Gasteiger partial charge in [0.05, 0.1) is 11.1 Å². The number of nitrogens with zero attached hydrogens (tertiary/aromatic N) is 2. The molecule has 0 aliphatic carbocycles. The lowest BCUT2D eigenvalue weighted by atomic mass is 10.00. The fourth-order valence-electron chi connectivity index (χ4n) is 3.50. The first-order valence-electron chi connectivity index (χ1n) is 9.85. The van der Waals surface area contributed by atoms with Gasteiger partial charge in [-0.25, -0.2) is 4.68 Å². The molecule has 1 aromatic heterocycles. The van der Waals surface area contributed by atoms with E-state index < -0.39 is 0 Å². The summed E-state index contributed by atoms with van der Waals surface area (Å²) in [5, 5.41) is 8.96. The van der Waals surface area contributed by atoms with E-state index in [1.165, 1.54) is 4.68 Å². The third-order valence-corrected chi connectivity index (χ3v) is 5.33. The number of benzene rings is 3. The molecule has 0 spiro atoms. The van der Waals surface area contributed by atoms with Gasteiger partial charge in [-0.1, -0.05) is 48.0 Å². The van der Waals surface area contributed by atoms with Crippen molar-refractivity contribution in [3.8, 4) is 11.3 Å². The number of rotatable bonds is 4. The molecule has 4 aromatic rings. The Kier molecular flexibility index (Phi) is 5.19. The highest BCUT2D eigenvalue weighted by molar-refractivity contribution is 5.95. The van der Waals surface area contributed by atoms with E-state index in [0.29, 0.717) is 17.5 Å². The van der Waals surface area contributed by atoms with Crippen LogP contribution in [0.4, 0.5) is 0 Å². The zero-order valence-electron chi connectivity index (χ0n) is 17.3. The number of carbonyl (C=O) groups excluding carboxylic acids is 1. The van der Waals surface area contributed by atoms with Crippen LogP contribution in [0.15, 0.2) is 71.5 Å². The summed E-state index contributed by atoms with van der Waals surface area (Å²) < 4.78 is 1.37. The first-order valence-corrected chi connectivity index (χ1v) is 9.85. The number of fused-ring (bicyclic) bond motifs is 1. The lowest BCUT2D eigenvalue weighted by molar-refractivity contribution is 0.0951. The molecule has 5 nitrogen and oxygen atoms in total. The molecule has 0 saturated heterocycles. The van der Waals surface area contributed by atoms with E-state index in [2.05, 4.69) is 10.4 Å². The number of amides is 1. The van der Waals surface area contributed by atoms with E-state index in [0.717, 1.165) is 33.3 Å². The molecule has 0 fully saturated rings. The Morgan fingerprint density at radius 2 is 1.67 bits per heavy atom. The molecule has 0 unspecified atom stereocenters. The van der Waals surface area contributed by atoms with Crippen LogP contribution < -0.4 is 10.9 Å². The summed E-state index contributed by atoms with van der Waals surface area (Å²) in [4.78, 5) is 24.9. The second-order valence-electron chi connectivity index (χ2n) is 7.51. The maximum atomic E-state index is 12.5. The monoisotopic (exact) mass is 397 g/mol. The van der Waals surface area contributed by atoms with Crippen molar-refractivity contribution < 1.29 is 4.79 Å². The minimum absolute atomic E-state index is 0.106. The Hall–Kier alpha value is -3.73. The molecule has 150 valence electrons. The largest absolute Gasteiger partial charge is 0.348 e. The third kappa shape index (κ3) is 3.74. The molecular formula is C25H23N3O2. The predicted molar refractivity (Wildman–Crippen MR) is 120 cm³/mol. The molecule has 0 aliphatic rings. The van der Waals surface area contributed by atoms with Crippen molar-refractivity contribution in [1.29, 1.82) is 0 Å². The van der Waals surface area contributed by atoms with Gasteiger partial charge in [0.15, 0.2) is 0 Å². The first kappa shape index (κ1) is 19.6. The number of nitrogens with one attached hydrogen (secondary N) is 1. The molecule has 0 bridgehead atoms. The van der Waals surface area contributed by atoms with Crippen molar-refractivity contribution in [3.05, 3.63) is 99.3 Å². The highest BCUT2D eigenvalue weighted by Gasteiger charge is 2.12. The standard InChI is InChI=1S/C25H23N3O2/c1-16-8-11-18(12-9-16)24(29)26-15-20-14-19(13-10-17(20)2)23-21-6-4-5-7-22(21)25(30)28(3)27-23/h4-14H,15H2,1-3H3,(H,26,29). The smallest absolute Gasteiger partial charge is 0.274 e. The molecule has 1 N–H and O–H groups in total. The number of aromatic nitrogens is 2. The molecule has 0 saturated carbocycles. The topological polar surface area (TPSA) is 64.0 Å². The minimum Gasteiger partial charge on any atom is -0.348 e. The fraction of sp³-hybridized carbons (Fsp3) is 0.160. The van der Waals surface area contributed by atoms with Crippen LogP contribution in [-0.4, -0.2) is 15.7 Å². The van der Waals surface area contributed by atoms with Gasteiger partial charge >= 0.3 is 0 Å². The van der Waals surface area contributed by atoms with Crippen LogP contribution in [0.2, 0.25) is 0 Å². The third-order valence-electron chi connectivity index (χ3n) is 5.33. The summed E-state index contributed by atoms with van der Waals surface area (Å²) in [6.45, 7) is 4.42. The van der Waals surface area contributed by atoms with Gasteiger partial charge in [-0.2, -0.15) is 5.10 Å². The average Bonchev–Trinajstić information content (AvgIpc) is 2.76. The molecule has 30 heavy (non-hydrogen) atoms. The van der Waals surface area contributed by atoms with Gasteiger partial charge in [0.2, 0.25) is 0 Å². The van der Waals surface area contributed by atoms with Gasteiger partial charge in [0.1, 0.15) is 0 Å². The Balaban J connectivity index is 1.67. The van der Waals surface area contributed by atoms with Crippen LogP contribution in [-0.2, 0) is 13.6 Å². The van der Waals surface area contributed by atoms with Crippen molar-refractivity contribution in [3.63, 3.8) is 0 Å². The molecule has 5 heteroatoms. The van der Waals surface area contributed by atoms with Gasteiger partial charge in [-0.3, -0.25) is 9.59 Å². The molecule has 1 amide bonds. The maximum Gasteiger partial charge on any atom is 0.274 e. The lowest BCUT2D eigenvalue weighted by Gasteiger charge is -2.12. The summed E-state index contributed by atoms with van der Waals surface area (Å²) in [6, 6.07) is 21.1. The summed E-state index contributed by atoms with van der Waals surface area (Å²) in [5.74, 6) is -0.106. The van der Waals surface area contributed by atoms with Crippen molar-refractivity contribution in [2.24, 2.45) is 7.05 Å². The SMILES string of the molecule is Cc1ccc(C(=O)NCc2cc(-c3nn(C)c(=O)c4ccccc34)ccc2C)cc1. The highest BCUT2D eigenvalue weighted by Crippen LogP contribution is 2.26. The zero-order chi connectivity index (χ0) is 21.3. The Morgan fingerprint density at radius 1 is 0.967 bits per heavy atom. The van der Waals surface area contributed by atoms with E-state index in [1.807, 2.05) is 80.6 Å². The van der Waals surface area contributed by atoms with Crippen molar-refractivity contribution >= 4 is 16.7 Å². The first-order chi connectivity index (χ1) is 14.4. The molecule has 4 rings (SSSR count). The summed E-state index contributed by atoms with van der Waals surface area (Å²) >= 11 is 0. The van der Waals surface area contributed by atoms with Crippen LogP contribution in [0.3, 0.4) is 0 Å². The van der Waals surface area contributed by atoms with Crippen molar-refractivity contribution in [1.82, 2.24) is 15.1 Å². The molecule has 0 aliphatic heterocycles. The quantitative estimate of drug-likeness (QED) is 0.563. The number of carbonyl (C=O) groups is 1. The van der Waals surface area contributed by atoms with Gasteiger partial charge in [-0.15, -0.1) is 0 Å². The van der Waals surface area contributed by atoms with Crippen LogP contribution in [0, 0.1) is 13.8 Å². The Labute approximate surface area is 175 Å². The van der Waals surface area contributed by atoms with E-state index in [9.17, 15) is 9.59 Å². The fourth-order valence-corrected chi connectivity index (χ4v) is 3.50. The molecule has 0 atom stereocenters. The average molecular weight is 397 g/mol. The van der Waals surface area contributed by atoms with Gasteiger partial charge in [-0.05, 0) is 49.2 Å². The number of hydrogen-bond donors (Lipinski definition) is 1. The second-order valence-corrected chi connectivity index (χ2v) is 7.51. The molecule has 0 radical (unpaired) electrons. The van der Waals surface area contributed by atoms with E-state index in [-0.39, 0.29) is 11.5 Å². The van der Waals surface area contributed by atoms with Crippen LogP contribution in [0.5, 0.6) is 0 Å². The Bertz CT molecular complexity index is 1300. The van der Waals surface area contributed by atoms with Gasteiger partial charge in [0, 0.05) is 30.1 Å². The predicted octanol–water partition coefficient (Wildman–Crippen LogP) is 4.15.